The molecule has 4 heteroatoms. The Bertz CT molecular complexity index is 626. The number of amides is 1. The molecule has 4 nitrogen and oxygen atoms in total. The second-order valence-electron chi connectivity index (χ2n) is 7.30. The molecule has 2 rings (SSSR count). The number of aromatic nitrogens is 2. The average Bonchev–Trinajstić information content (AvgIpc) is 2.95. The van der Waals surface area contributed by atoms with Crippen molar-refractivity contribution >= 4 is 5.91 Å². The Labute approximate surface area is 138 Å². The molecule has 124 valence electrons. The zero-order chi connectivity index (χ0) is 16.9. The third-order valence-corrected chi connectivity index (χ3v) is 3.75. The zero-order valence-corrected chi connectivity index (χ0v) is 14.6. The molecule has 0 aliphatic rings. The Hall–Kier alpha value is -2.10. The van der Waals surface area contributed by atoms with Crippen LogP contribution in [0, 0.1) is 5.41 Å². The van der Waals surface area contributed by atoms with E-state index in [4.69, 9.17) is 0 Å². The first-order valence-electron chi connectivity index (χ1n) is 8.19. The molecular formula is C19H27N3O. The maximum atomic E-state index is 12.1. The standard InChI is InChI=1S/C19H27N3O/c1-19(2,3)14-18(23)22(4)12-8-11-16-13-17(21-20-16)15-9-6-5-7-10-15/h5-7,9-10,13H,8,11-12,14H2,1-4H3,(H,20,21). The third-order valence-electron chi connectivity index (χ3n) is 3.75. The number of aromatic amines is 1. The van der Waals surface area contributed by atoms with E-state index in [2.05, 4.69) is 49.2 Å². The van der Waals surface area contributed by atoms with E-state index in [0.29, 0.717) is 6.42 Å². The lowest BCUT2D eigenvalue weighted by atomic mass is 9.91. The minimum atomic E-state index is 0.0410. The van der Waals surface area contributed by atoms with Crippen LogP contribution in [0.1, 0.15) is 39.3 Å². The number of rotatable bonds is 6. The van der Waals surface area contributed by atoms with Crippen LogP contribution in [0.25, 0.3) is 11.3 Å². The van der Waals surface area contributed by atoms with Gasteiger partial charge in [-0.1, -0.05) is 51.1 Å². The molecule has 0 aliphatic carbocycles. The van der Waals surface area contributed by atoms with E-state index < -0.39 is 0 Å². The summed E-state index contributed by atoms with van der Waals surface area (Å²) in [6.07, 6.45) is 2.42. The minimum absolute atomic E-state index is 0.0410. The average molecular weight is 313 g/mol. The van der Waals surface area contributed by atoms with E-state index in [-0.39, 0.29) is 11.3 Å². The summed E-state index contributed by atoms with van der Waals surface area (Å²) in [4.78, 5) is 13.9. The quantitative estimate of drug-likeness (QED) is 0.879. The Balaban J connectivity index is 1.81. The Morgan fingerprint density at radius 3 is 2.57 bits per heavy atom. The summed E-state index contributed by atoms with van der Waals surface area (Å²) in [7, 11) is 1.89. The topological polar surface area (TPSA) is 49.0 Å². The van der Waals surface area contributed by atoms with E-state index in [0.717, 1.165) is 36.3 Å². The van der Waals surface area contributed by atoms with Gasteiger partial charge < -0.3 is 4.90 Å². The summed E-state index contributed by atoms with van der Waals surface area (Å²) >= 11 is 0. The molecule has 0 radical (unpaired) electrons. The lowest BCUT2D eigenvalue weighted by Gasteiger charge is -2.23. The highest BCUT2D eigenvalue weighted by Gasteiger charge is 2.18. The summed E-state index contributed by atoms with van der Waals surface area (Å²) in [5.41, 5.74) is 3.24. The number of hydrogen-bond acceptors (Lipinski definition) is 2. The van der Waals surface area contributed by atoms with Crippen molar-refractivity contribution in [3.05, 3.63) is 42.1 Å². The first-order valence-corrected chi connectivity index (χ1v) is 8.19. The van der Waals surface area contributed by atoms with Crippen LogP contribution in [0.5, 0.6) is 0 Å². The highest BCUT2D eigenvalue weighted by molar-refractivity contribution is 5.76. The molecule has 1 aromatic carbocycles. The normalized spacial score (nSPS) is 11.5. The van der Waals surface area contributed by atoms with Crippen LogP contribution in [-0.4, -0.2) is 34.6 Å². The van der Waals surface area contributed by atoms with Gasteiger partial charge in [0.05, 0.1) is 5.69 Å². The fraction of sp³-hybridized carbons (Fsp3) is 0.474. The van der Waals surface area contributed by atoms with Crippen molar-refractivity contribution in [3.8, 4) is 11.3 Å². The van der Waals surface area contributed by atoms with Crippen LogP contribution in [0.3, 0.4) is 0 Å². The molecule has 0 spiro atoms. The van der Waals surface area contributed by atoms with Crippen molar-refractivity contribution in [2.75, 3.05) is 13.6 Å². The van der Waals surface area contributed by atoms with Gasteiger partial charge in [-0.2, -0.15) is 5.10 Å². The van der Waals surface area contributed by atoms with Crippen molar-refractivity contribution in [2.45, 2.75) is 40.0 Å². The number of H-pyrrole nitrogens is 1. The lowest BCUT2D eigenvalue weighted by molar-refractivity contribution is -0.131. The number of nitrogens with zero attached hydrogens (tertiary/aromatic N) is 2. The highest BCUT2D eigenvalue weighted by atomic mass is 16.2. The van der Waals surface area contributed by atoms with Crippen LogP contribution in [-0.2, 0) is 11.2 Å². The summed E-state index contributed by atoms with van der Waals surface area (Å²) in [6.45, 7) is 7.05. The van der Waals surface area contributed by atoms with Gasteiger partial charge >= 0.3 is 0 Å². The van der Waals surface area contributed by atoms with Gasteiger partial charge in [0, 0.05) is 31.3 Å². The molecule has 1 heterocycles. The van der Waals surface area contributed by atoms with E-state index >= 15 is 0 Å². The predicted octanol–water partition coefficient (Wildman–Crippen LogP) is 3.90. The first kappa shape index (κ1) is 17.3. The number of carbonyl (C=O) groups excluding carboxylic acids is 1. The third kappa shape index (κ3) is 5.55. The van der Waals surface area contributed by atoms with Gasteiger partial charge in [0.1, 0.15) is 0 Å². The minimum Gasteiger partial charge on any atom is -0.346 e. The molecule has 23 heavy (non-hydrogen) atoms. The van der Waals surface area contributed by atoms with E-state index in [9.17, 15) is 4.79 Å². The maximum absolute atomic E-state index is 12.1. The van der Waals surface area contributed by atoms with Gasteiger partial charge in [-0.15, -0.1) is 0 Å². The van der Waals surface area contributed by atoms with E-state index in [1.165, 1.54) is 0 Å². The number of hydrogen-bond donors (Lipinski definition) is 1. The molecule has 0 saturated carbocycles. The summed E-state index contributed by atoms with van der Waals surface area (Å²) < 4.78 is 0. The molecule has 0 atom stereocenters. The fourth-order valence-corrected chi connectivity index (χ4v) is 2.47. The number of carbonyl (C=O) groups is 1. The SMILES string of the molecule is CN(CCCc1cc(-c2ccccc2)n[nH]1)C(=O)CC(C)(C)C. The largest absolute Gasteiger partial charge is 0.346 e. The van der Waals surface area contributed by atoms with Crippen molar-refractivity contribution in [3.63, 3.8) is 0 Å². The fourth-order valence-electron chi connectivity index (χ4n) is 2.47. The molecule has 1 aromatic heterocycles. The molecule has 0 aliphatic heterocycles. The van der Waals surface area contributed by atoms with Crippen LogP contribution in [0.2, 0.25) is 0 Å². The molecular weight excluding hydrogens is 286 g/mol. The first-order chi connectivity index (χ1) is 10.8. The van der Waals surface area contributed by atoms with Crippen molar-refractivity contribution in [1.29, 1.82) is 0 Å². The van der Waals surface area contributed by atoms with Gasteiger partial charge in [-0.3, -0.25) is 9.89 Å². The molecule has 0 fully saturated rings. The number of nitrogens with one attached hydrogen (secondary N) is 1. The van der Waals surface area contributed by atoms with Gasteiger partial charge in [0.25, 0.3) is 0 Å². The van der Waals surface area contributed by atoms with Crippen LogP contribution >= 0.6 is 0 Å². The maximum Gasteiger partial charge on any atom is 0.222 e. The molecule has 0 bridgehead atoms. The summed E-state index contributed by atoms with van der Waals surface area (Å²) in [5.74, 6) is 0.215. The molecule has 0 unspecified atom stereocenters. The summed E-state index contributed by atoms with van der Waals surface area (Å²) in [5, 5.41) is 7.45. The van der Waals surface area contributed by atoms with Crippen LogP contribution in [0.15, 0.2) is 36.4 Å². The van der Waals surface area contributed by atoms with Crippen LogP contribution < -0.4 is 0 Å². The molecule has 2 aromatic rings. The van der Waals surface area contributed by atoms with Gasteiger partial charge in [0.2, 0.25) is 5.91 Å². The highest BCUT2D eigenvalue weighted by Crippen LogP contribution is 2.20. The molecule has 1 amide bonds. The van der Waals surface area contributed by atoms with Gasteiger partial charge in [-0.05, 0) is 24.3 Å². The second kappa shape index (κ2) is 7.44. The van der Waals surface area contributed by atoms with Crippen molar-refractivity contribution in [2.24, 2.45) is 5.41 Å². The van der Waals surface area contributed by atoms with E-state index in [1.807, 2.05) is 30.1 Å². The van der Waals surface area contributed by atoms with Gasteiger partial charge in [-0.25, -0.2) is 0 Å². The predicted molar refractivity (Wildman–Crippen MR) is 94.1 cm³/mol. The lowest BCUT2D eigenvalue weighted by Crippen LogP contribution is -2.31. The monoisotopic (exact) mass is 313 g/mol. The Morgan fingerprint density at radius 2 is 1.91 bits per heavy atom. The smallest absolute Gasteiger partial charge is 0.222 e. The Morgan fingerprint density at radius 1 is 1.22 bits per heavy atom. The van der Waals surface area contributed by atoms with E-state index in [1.54, 1.807) is 0 Å². The summed E-state index contributed by atoms with van der Waals surface area (Å²) in [6, 6.07) is 12.2. The zero-order valence-electron chi connectivity index (χ0n) is 14.6. The van der Waals surface area contributed by atoms with Crippen LogP contribution in [0.4, 0.5) is 0 Å². The second-order valence-corrected chi connectivity index (χ2v) is 7.30. The number of aryl methyl sites for hydroxylation is 1. The van der Waals surface area contributed by atoms with Crippen molar-refractivity contribution < 1.29 is 4.79 Å². The molecule has 0 saturated heterocycles. The number of benzene rings is 1. The van der Waals surface area contributed by atoms with Gasteiger partial charge in [0.15, 0.2) is 0 Å². The Kier molecular flexibility index (Phi) is 5.59. The molecule has 1 N–H and O–H groups in total. The van der Waals surface area contributed by atoms with Crippen molar-refractivity contribution in [1.82, 2.24) is 15.1 Å².